The van der Waals surface area contributed by atoms with E-state index in [1.165, 1.54) is 12.1 Å². The zero-order valence-corrected chi connectivity index (χ0v) is 19.9. The second-order valence-corrected chi connectivity index (χ2v) is 10.1. The molecule has 0 spiro atoms. The van der Waals surface area contributed by atoms with Gasteiger partial charge in [-0.05, 0) is 71.0 Å². The number of oxime groups is 1. The third-order valence-corrected chi connectivity index (χ3v) is 6.63. The molecular weight excluding hydrogens is 477 g/mol. The average molecular weight is 499 g/mol. The molecule has 2 heterocycles. The third-order valence-electron chi connectivity index (χ3n) is 6.32. The summed E-state index contributed by atoms with van der Waals surface area (Å²) in [4.78, 5) is 18.3. The van der Waals surface area contributed by atoms with Gasteiger partial charge in [0.25, 0.3) is 0 Å². The lowest BCUT2D eigenvalue weighted by atomic mass is 9.80. The smallest absolute Gasteiger partial charge is 0.341 e. The Bertz CT molecular complexity index is 1350. The summed E-state index contributed by atoms with van der Waals surface area (Å²) in [6.07, 6.45) is -3.44. The Labute approximate surface area is 206 Å². The summed E-state index contributed by atoms with van der Waals surface area (Å²) in [5.74, 6) is -0.407. The maximum Gasteiger partial charge on any atom is 0.416 e. The molecule has 0 fully saturated rings. The molecule has 3 aromatic carbocycles. The molecule has 0 saturated carbocycles. The lowest BCUT2D eigenvalue weighted by Gasteiger charge is -2.41. The molecule has 0 unspecified atom stereocenters. The summed E-state index contributed by atoms with van der Waals surface area (Å²) in [5.41, 5.74) is 5.10. The Morgan fingerprint density at radius 2 is 1.71 bits per heavy atom. The highest BCUT2D eigenvalue weighted by atomic mass is 35.5. The highest BCUT2D eigenvalue weighted by Gasteiger charge is 2.32. The number of rotatable bonds is 3. The van der Waals surface area contributed by atoms with Gasteiger partial charge in [0.2, 0.25) is 0 Å². The van der Waals surface area contributed by atoms with Crippen LogP contribution in [-0.2, 0) is 22.2 Å². The molecule has 0 aromatic heterocycles. The van der Waals surface area contributed by atoms with Gasteiger partial charge in [-0.2, -0.15) is 13.2 Å². The molecule has 0 radical (unpaired) electrons. The van der Waals surface area contributed by atoms with E-state index in [9.17, 15) is 18.0 Å². The predicted octanol–water partition coefficient (Wildman–Crippen LogP) is 7.40. The standard InChI is InChI=1S/C27H22ClF3N2O2/c1-26(2)14-18-11-17(16-3-6-19(7-4-16)27(29,30)31)5-10-24(18)33(15-26)20-8-9-21(22(28)12-20)23-13-25(34)35-32-23/h3-12H,13-15H2,1-2H3. The minimum absolute atomic E-state index is 0.0489. The van der Waals surface area contributed by atoms with Crippen molar-refractivity contribution in [1.82, 2.24) is 0 Å². The van der Waals surface area contributed by atoms with Gasteiger partial charge in [0.15, 0.2) is 0 Å². The largest absolute Gasteiger partial charge is 0.416 e. The van der Waals surface area contributed by atoms with Crippen molar-refractivity contribution in [3.63, 3.8) is 0 Å². The van der Waals surface area contributed by atoms with Crippen molar-refractivity contribution in [2.24, 2.45) is 10.6 Å². The van der Waals surface area contributed by atoms with Crippen molar-refractivity contribution >= 4 is 34.7 Å². The summed E-state index contributed by atoms with van der Waals surface area (Å²) in [7, 11) is 0. The van der Waals surface area contributed by atoms with Crippen LogP contribution < -0.4 is 4.90 Å². The van der Waals surface area contributed by atoms with Crippen molar-refractivity contribution in [1.29, 1.82) is 0 Å². The van der Waals surface area contributed by atoms with Gasteiger partial charge < -0.3 is 9.74 Å². The average Bonchev–Trinajstić information content (AvgIpc) is 3.23. The highest BCUT2D eigenvalue weighted by Crippen LogP contribution is 2.43. The highest BCUT2D eigenvalue weighted by molar-refractivity contribution is 6.35. The first-order valence-electron chi connectivity index (χ1n) is 11.1. The molecular formula is C27H22ClF3N2O2. The van der Waals surface area contributed by atoms with Gasteiger partial charge in [-0.15, -0.1) is 0 Å². The van der Waals surface area contributed by atoms with Gasteiger partial charge in [0.05, 0.1) is 17.0 Å². The quantitative estimate of drug-likeness (QED) is 0.353. The van der Waals surface area contributed by atoms with E-state index in [1.807, 2.05) is 30.3 Å². The van der Waals surface area contributed by atoms with Crippen LogP contribution in [0.4, 0.5) is 24.5 Å². The number of carbonyl (C=O) groups excluding carboxylic acids is 1. The molecule has 0 atom stereocenters. The first kappa shape index (κ1) is 23.4. The van der Waals surface area contributed by atoms with Gasteiger partial charge in [0, 0.05) is 23.5 Å². The van der Waals surface area contributed by atoms with E-state index in [0.29, 0.717) is 16.3 Å². The van der Waals surface area contributed by atoms with Crippen molar-refractivity contribution < 1.29 is 22.8 Å². The van der Waals surface area contributed by atoms with Crippen LogP contribution in [-0.4, -0.2) is 18.2 Å². The topological polar surface area (TPSA) is 41.9 Å². The molecule has 180 valence electrons. The SMILES string of the molecule is CC1(C)Cc2cc(-c3ccc(C(F)(F)F)cc3)ccc2N(c2ccc(C3=NOC(=O)C3)c(Cl)c2)C1. The summed E-state index contributed by atoms with van der Waals surface area (Å²) in [5, 5.41) is 4.29. The molecule has 5 rings (SSSR count). The number of hydrogen-bond acceptors (Lipinski definition) is 4. The third kappa shape index (κ3) is 4.65. The van der Waals surface area contributed by atoms with Crippen molar-refractivity contribution in [2.45, 2.75) is 32.9 Å². The Morgan fingerprint density at radius 1 is 1.00 bits per heavy atom. The van der Waals surface area contributed by atoms with E-state index < -0.39 is 17.7 Å². The van der Waals surface area contributed by atoms with Crippen molar-refractivity contribution in [3.05, 3.63) is 82.4 Å². The lowest BCUT2D eigenvalue weighted by Crippen LogP contribution is -2.37. The first-order valence-corrected chi connectivity index (χ1v) is 11.5. The zero-order valence-electron chi connectivity index (χ0n) is 19.1. The van der Waals surface area contributed by atoms with Gasteiger partial charge in [-0.25, -0.2) is 4.79 Å². The number of anilines is 2. The number of alkyl halides is 3. The van der Waals surface area contributed by atoms with Crippen LogP contribution in [0.25, 0.3) is 11.1 Å². The normalized spacial score (nSPS) is 17.1. The molecule has 0 amide bonds. The molecule has 0 bridgehead atoms. The van der Waals surface area contributed by atoms with E-state index in [2.05, 4.69) is 30.0 Å². The fraction of sp³-hybridized carbons (Fsp3) is 0.259. The van der Waals surface area contributed by atoms with Crippen LogP contribution >= 0.6 is 11.6 Å². The van der Waals surface area contributed by atoms with Crippen LogP contribution in [0.1, 0.15) is 37.0 Å². The Hall–Kier alpha value is -3.32. The zero-order chi connectivity index (χ0) is 25.0. The fourth-order valence-electron chi connectivity index (χ4n) is 4.69. The van der Waals surface area contributed by atoms with Crippen LogP contribution in [0, 0.1) is 5.41 Å². The maximum absolute atomic E-state index is 13.0. The van der Waals surface area contributed by atoms with Crippen LogP contribution in [0.15, 0.2) is 65.8 Å². The summed E-state index contributed by atoms with van der Waals surface area (Å²) >= 11 is 6.57. The second kappa shape index (κ2) is 8.41. The van der Waals surface area contributed by atoms with Crippen molar-refractivity contribution in [2.75, 3.05) is 11.4 Å². The minimum atomic E-state index is -4.36. The number of nitrogens with zero attached hydrogens (tertiary/aromatic N) is 2. The van der Waals surface area contributed by atoms with E-state index in [4.69, 9.17) is 16.4 Å². The molecule has 2 aliphatic rings. The van der Waals surface area contributed by atoms with Crippen LogP contribution in [0.5, 0.6) is 0 Å². The first-order chi connectivity index (χ1) is 16.5. The number of halogens is 4. The molecule has 4 nitrogen and oxygen atoms in total. The second-order valence-electron chi connectivity index (χ2n) is 9.69. The van der Waals surface area contributed by atoms with E-state index in [-0.39, 0.29) is 11.8 Å². The minimum Gasteiger partial charge on any atom is -0.341 e. The van der Waals surface area contributed by atoms with E-state index in [1.54, 1.807) is 0 Å². The van der Waals surface area contributed by atoms with Crippen LogP contribution in [0.2, 0.25) is 5.02 Å². The van der Waals surface area contributed by atoms with E-state index >= 15 is 0 Å². The van der Waals surface area contributed by atoms with E-state index in [0.717, 1.165) is 53.2 Å². The predicted molar refractivity (Wildman–Crippen MR) is 130 cm³/mol. The van der Waals surface area contributed by atoms with Gasteiger partial charge in [-0.3, -0.25) is 0 Å². The summed E-state index contributed by atoms with van der Waals surface area (Å²) in [6.45, 7) is 5.12. The Kier molecular flexibility index (Phi) is 5.63. The molecule has 3 aromatic rings. The van der Waals surface area contributed by atoms with Gasteiger partial charge in [0.1, 0.15) is 5.71 Å². The fourth-order valence-corrected chi connectivity index (χ4v) is 4.98. The molecule has 8 heteroatoms. The molecule has 0 aliphatic carbocycles. The molecule has 2 aliphatic heterocycles. The maximum atomic E-state index is 13.0. The lowest BCUT2D eigenvalue weighted by molar-refractivity contribution is -0.140. The number of fused-ring (bicyclic) bond motifs is 1. The Morgan fingerprint density at radius 3 is 2.34 bits per heavy atom. The number of hydrogen-bond donors (Lipinski definition) is 0. The Balaban J connectivity index is 1.49. The number of carbonyl (C=O) groups is 1. The summed E-state index contributed by atoms with van der Waals surface area (Å²) < 4.78 is 38.9. The van der Waals surface area contributed by atoms with Crippen LogP contribution in [0.3, 0.4) is 0 Å². The monoisotopic (exact) mass is 498 g/mol. The van der Waals surface area contributed by atoms with Gasteiger partial charge >= 0.3 is 12.1 Å². The number of benzene rings is 3. The molecule has 35 heavy (non-hydrogen) atoms. The van der Waals surface area contributed by atoms with Gasteiger partial charge in [-0.1, -0.05) is 48.8 Å². The van der Waals surface area contributed by atoms with Crippen molar-refractivity contribution in [3.8, 4) is 11.1 Å². The molecule has 0 N–H and O–H groups in total. The molecule has 0 saturated heterocycles. The summed E-state index contributed by atoms with van der Waals surface area (Å²) in [6, 6.07) is 16.9.